The van der Waals surface area contributed by atoms with Gasteiger partial charge < -0.3 is 4.57 Å². The van der Waals surface area contributed by atoms with Gasteiger partial charge in [0.2, 0.25) is 0 Å². The van der Waals surface area contributed by atoms with Crippen LogP contribution in [-0.4, -0.2) is 10.4 Å². The van der Waals surface area contributed by atoms with E-state index in [0.717, 1.165) is 15.4 Å². The van der Waals surface area contributed by atoms with Gasteiger partial charge in [0, 0.05) is 19.4 Å². The van der Waals surface area contributed by atoms with Crippen molar-refractivity contribution in [2.75, 3.05) is 0 Å². The van der Waals surface area contributed by atoms with E-state index in [9.17, 15) is 4.79 Å². The second-order valence-electron chi connectivity index (χ2n) is 3.41. The van der Waals surface area contributed by atoms with Crippen molar-refractivity contribution in [1.29, 1.82) is 0 Å². The first kappa shape index (κ1) is 10.7. The zero-order valence-corrected chi connectivity index (χ0v) is 10.7. The van der Waals surface area contributed by atoms with Gasteiger partial charge in [-0.15, -0.1) is 0 Å². The molecular weight excluding hydrogens is 277 g/mol. The van der Waals surface area contributed by atoms with Gasteiger partial charge in [0.25, 0.3) is 0 Å². The van der Waals surface area contributed by atoms with Crippen LogP contribution in [0.25, 0.3) is 10.9 Å². The number of fused-ring (bicyclic) bond motifs is 1. The third-order valence-corrected chi connectivity index (χ3v) is 3.54. The minimum absolute atomic E-state index is 0.0247. The summed E-state index contributed by atoms with van der Waals surface area (Å²) in [6, 6.07) is 5.64. The highest BCUT2D eigenvalue weighted by atomic mass is 79.9. The van der Waals surface area contributed by atoms with Crippen molar-refractivity contribution in [2.45, 2.75) is 6.92 Å². The summed E-state index contributed by atoms with van der Waals surface area (Å²) >= 11 is 9.54. The van der Waals surface area contributed by atoms with Crippen molar-refractivity contribution in [3.63, 3.8) is 0 Å². The number of rotatable bonds is 1. The maximum atomic E-state index is 11.5. The largest absolute Gasteiger partial charge is 0.339 e. The summed E-state index contributed by atoms with van der Waals surface area (Å²) in [5.74, 6) is 0.0247. The number of carbonyl (C=O) groups excluding carboxylic acids is 1. The fourth-order valence-electron chi connectivity index (χ4n) is 1.81. The maximum Gasteiger partial charge on any atom is 0.177 e. The molecule has 78 valence electrons. The van der Waals surface area contributed by atoms with E-state index in [4.69, 9.17) is 11.6 Å². The van der Waals surface area contributed by atoms with Crippen LogP contribution in [0.1, 0.15) is 17.4 Å². The van der Waals surface area contributed by atoms with Gasteiger partial charge in [0.05, 0.1) is 20.7 Å². The van der Waals surface area contributed by atoms with Crippen LogP contribution in [0.15, 0.2) is 22.7 Å². The summed E-state index contributed by atoms with van der Waals surface area (Å²) in [6.07, 6.45) is 0. The Hall–Kier alpha value is -0.800. The molecule has 0 aliphatic heterocycles. The van der Waals surface area contributed by atoms with Crippen molar-refractivity contribution in [2.24, 2.45) is 7.05 Å². The number of aromatic nitrogens is 1. The molecule has 1 heterocycles. The Balaban J connectivity index is 2.98. The zero-order valence-electron chi connectivity index (χ0n) is 8.34. The first-order valence-corrected chi connectivity index (χ1v) is 5.64. The maximum absolute atomic E-state index is 11.5. The second-order valence-corrected chi connectivity index (χ2v) is 4.61. The van der Waals surface area contributed by atoms with Gasteiger partial charge in [0.1, 0.15) is 0 Å². The van der Waals surface area contributed by atoms with Gasteiger partial charge >= 0.3 is 0 Å². The summed E-state index contributed by atoms with van der Waals surface area (Å²) in [4.78, 5) is 11.5. The molecule has 4 heteroatoms. The number of hydrogen-bond donors (Lipinski definition) is 0. The molecule has 0 bridgehead atoms. The summed E-state index contributed by atoms with van der Waals surface area (Å²) < 4.78 is 2.64. The molecule has 0 aliphatic rings. The van der Waals surface area contributed by atoms with Crippen molar-refractivity contribution < 1.29 is 4.79 Å². The number of hydrogen-bond acceptors (Lipinski definition) is 1. The summed E-state index contributed by atoms with van der Waals surface area (Å²) in [5, 5.41) is 1.62. The van der Waals surface area contributed by atoms with E-state index >= 15 is 0 Å². The van der Waals surface area contributed by atoms with Crippen LogP contribution in [0.3, 0.4) is 0 Å². The van der Waals surface area contributed by atoms with E-state index in [1.807, 2.05) is 29.8 Å². The van der Waals surface area contributed by atoms with E-state index in [2.05, 4.69) is 15.9 Å². The number of benzene rings is 1. The number of aryl methyl sites for hydroxylation is 1. The first-order valence-electron chi connectivity index (χ1n) is 4.47. The molecule has 1 aromatic carbocycles. The Morgan fingerprint density at radius 1 is 1.47 bits per heavy atom. The fraction of sp³-hybridized carbons (Fsp3) is 0.182. The van der Waals surface area contributed by atoms with E-state index in [-0.39, 0.29) is 5.78 Å². The molecule has 0 N–H and O–H groups in total. The highest BCUT2D eigenvalue weighted by Crippen LogP contribution is 2.34. The van der Waals surface area contributed by atoms with Crippen LogP contribution in [0.5, 0.6) is 0 Å². The molecule has 0 atom stereocenters. The number of Topliss-reactive ketones (excluding diaryl/α,β-unsaturated/α-hetero) is 1. The standard InChI is InChI=1S/C11H9BrClNO/c1-6(15)10-9(12)7-4-3-5-8(13)11(7)14(10)2/h3-5H,1-2H3. The van der Waals surface area contributed by atoms with Crippen molar-refractivity contribution >= 4 is 44.2 Å². The Kier molecular flexibility index (Phi) is 2.61. The molecule has 0 spiro atoms. The minimum Gasteiger partial charge on any atom is -0.339 e. The molecule has 0 fully saturated rings. The SMILES string of the molecule is CC(=O)c1c(Br)c2cccc(Cl)c2n1C. The molecule has 0 saturated heterocycles. The third kappa shape index (κ3) is 1.50. The van der Waals surface area contributed by atoms with E-state index in [1.165, 1.54) is 0 Å². The monoisotopic (exact) mass is 285 g/mol. The van der Waals surface area contributed by atoms with Crippen molar-refractivity contribution in [3.05, 3.63) is 33.4 Å². The Bertz CT molecular complexity index is 559. The van der Waals surface area contributed by atoms with E-state index in [0.29, 0.717) is 10.7 Å². The molecule has 0 radical (unpaired) electrons. The normalized spacial score (nSPS) is 10.9. The molecule has 2 nitrogen and oxygen atoms in total. The second kappa shape index (κ2) is 3.65. The lowest BCUT2D eigenvalue weighted by Gasteiger charge is -2.01. The molecule has 0 aliphatic carbocycles. The minimum atomic E-state index is 0.0247. The highest BCUT2D eigenvalue weighted by Gasteiger charge is 2.17. The van der Waals surface area contributed by atoms with Gasteiger partial charge in [-0.2, -0.15) is 0 Å². The van der Waals surface area contributed by atoms with E-state index < -0.39 is 0 Å². The number of halogens is 2. The summed E-state index contributed by atoms with van der Waals surface area (Å²) in [6.45, 7) is 1.55. The lowest BCUT2D eigenvalue weighted by Crippen LogP contribution is -2.01. The average Bonchev–Trinajstić information content (AvgIpc) is 2.40. The van der Waals surface area contributed by atoms with Gasteiger partial charge in [-0.25, -0.2) is 0 Å². The van der Waals surface area contributed by atoms with Crippen LogP contribution in [0, 0.1) is 0 Å². The molecule has 0 unspecified atom stereocenters. The molecule has 0 saturated carbocycles. The molecule has 2 rings (SSSR count). The number of nitrogens with zero attached hydrogens (tertiary/aromatic N) is 1. The zero-order chi connectivity index (χ0) is 11.2. The number of carbonyl (C=O) groups is 1. The van der Waals surface area contributed by atoms with Crippen LogP contribution in [-0.2, 0) is 7.05 Å². The molecule has 0 amide bonds. The molecule has 1 aromatic heterocycles. The number of ketones is 1. The Morgan fingerprint density at radius 2 is 2.13 bits per heavy atom. The van der Waals surface area contributed by atoms with Crippen LogP contribution in [0.4, 0.5) is 0 Å². The molecule has 2 aromatic rings. The molecular formula is C11H9BrClNO. The van der Waals surface area contributed by atoms with Crippen LogP contribution in [0.2, 0.25) is 5.02 Å². The first-order chi connectivity index (χ1) is 7.04. The molecule has 15 heavy (non-hydrogen) atoms. The third-order valence-electron chi connectivity index (χ3n) is 2.44. The summed E-state index contributed by atoms with van der Waals surface area (Å²) in [7, 11) is 1.84. The van der Waals surface area contributed by atoms with Crippen molar-refractivity contribution in [3.8, 4) is 0 Å². The number of para-hydroxylation sites is 1. The predicted octanol–water partition coefficient (Wildman–Crippen LogP) is 3.80. The van der Waals surface area contributed by atoms with Crippen molar-refractivity contribution in [1.82, 2.24) is 4.57 Å². The fourth-order valence-corrected chi connectivity index (χ4v) is 2.98. The highest BCUT2D eigenvalue weighted by molar-refractivity contribution is 9.10. The smallest absolute Gasteiger partial charge is 0.177 e. The van der Waals surface area contributed by atoms with Gasteiger partial charge in [-0.3, -0.25) is 4.79 Å². The quantitative estimate of drug-likeness (QED) is 0.731. The van der Waals surface area contributed by atoms with Crippen LogP contribution >= 0.6 is 27.5 Å². The van der Waals surface area contributed by atoms with Gasteiger partial charge in [-0.1, -0.05) is 23.7 Å². The van der Waals surface area contributed by atoms with E-state index in [1.54, 1.807) is 6.92 Å². The Morgan fingerprint density at radius 3 is 2.67 bits per heavy atom. The van der Waals surface area contributed by atoms with Gasteiger partial charge in [0.15, 0.2) is 5.78 Å². The average molecular weight is 287 g/mol. The van der Waals surface area contributed by atoms with Gasteiger partial charge in [-0.05, 0) is 22.0 Å². The topological polar surface area (TPSA) is 22.0 Å². The predicted molar refractivity (Wildman–Crippen MR) is 65.6 cm³/mol. The Labute approximate surface area is 101 Å². The lowest BCUT2D eigenvalue weighted by atomic mass is 10.2. The lowest BCUT2D eigenvalue weighted by molar-refractivity contribution is 0.101. The summed E-state index contributed by atoms with van der Waals surface area (Å²) in [5.41, 5.74) is 1.54. The van der Waals surface area contributed by atoms with Crippen LogP contribution < -0.4 is 0 Å².